The minimum atomic E-state index is -0.603. The van der Waals surface area contributed by atoms with Crippen molar-refractivity contribution in [2.75, 3.05) is 0 Å². The molecule has 5 unspecified atom stereocenters. The van der Waals surface area contributed by atoms with Crippen LogP contribution in [0.4, 0.5) is 0 Å². The van der Waals surface area contributed by atoms with Gasteiger partial charge in [-0.3, -0.25) is 0 Å². The second-order valence-electron chi connectivity index (χ2n) is 5.79. The van der Waals surface area contributed by atoms with Crippen LogP contribution >= 0.6 is 0 Å². The van der Waals surface area contributed by atoms with E-state index >= 15 is 0 Å². The molecule has 3 heteroatoms. The van der Waals surface area contributed by atoms with Crippen molar-refractivity contribution in [1.29, 1.82) is 5.26 Å². The molecule has 1 saturated carbocycles. The number of ether oxygens (including phenoxy) is 1. The van der Waals surface area contributed by atoms with Crippen LogP contribution in [-0.2, 0) is 4.74 Å². The van der Waals surface area contributed by atoms with Gasteiger partial charge < -0.3 is 9.84 Å². The smallest absolute Gasteiger partial charge is 0.0987 e. The van der Waals surface area contributed by atoms with Gasteiger partial charge in [0.05, 0.1) is 29.8 Å². The molecule has 1 N–H and O–H groups in total. The summed E-state index contributed by atoms with van der Waals surface area (Å²) in [6.45, 7) is 4.20. The van der Waals surface area contributed by atoms with Crippen molar-refractivity contribution in [2.45, 2.75) is 70.7 Å². The van der Waals surface area contributed by atoms with Crippen LogP contribution in [0.1, 0.15) is 52.4 Å². The second-order valence-corrected chi connectivity index (χ2v) is 5.79. The Morgan fingerprint density at radius 3 is 2.71 bits per heavy atom. The lowest BCUT2D eigenvalue weighted by Crippen LogP contribution is -2.41. The SMILES string of the molecule is CCC1CCC(C#N)(C(O)C2CCC(C)O2)C1. The van der Waals surface area contributed by atoms with Gasteiger partial charge in [0.25, 0.3) is 0 Å². The van der Waals surface area contributed by atoms with Crippen LogP contribution in [0.3, 0.4) is 0 Å². The number of nitriles is 1. The van der Waals surface area contributed by atoms with Crippen molar-refractivity contribution in [3.05, 3.63) is 0 Å². The molecule has 2 rings (SSSR count). The van der Waals surface area contributed by atoms with Gasteiger partial charge in [0.2, 0.25) is 0 Å². The third kappa shape index (κ3) is 2.34. The van der Waals surface area contributed by atoms with Gasteiger partial charge in [0.1, 0.15) is 0 Å². The molecule has 96 valence electrons. The van der Waals surface area contributed by atoms with Crippen LogP contribution in [0, 0.1) is 22.7 Å². The van der Waals surface area contributed by atoms with Crippen molar-refractivity contribution in [1.82, 2.24) is 0 Å². The zero-order chi connectivity index (χ0) is 12.5. The molecular weight excluding hydrogens is 214 g/mol. The van der Waals surface area contributed by atoms with Crippen LogP contribution < -0.4 is 0 Å². The van der Waals surface area contributed by atoms with Crippen molar-refractivity contribution >= 4 is 0 Å². The summed E-state index contributed by atoms with van der Waals surface area (Å²) >= 11 is 0. The van der Waals surface area contributed by atoms with Gasteiger partial charge in [-0.15, -0.1) is 0 Å². The molecule has 5 atom stereocenters. The van der Waals surface area contributed by atoms with Crippen molar-refractivity contribution in [3.8, 4) is 6.07 Å². The first-order valence-electron chi connectivity index (χ1n) is 6.86. The lowest BCUT2D eigenvalue weighted by molar-refractivity contribution is -0.0715. The predicted molar refractivity (Wildman–Crippen MR) is 65.3 cm³/mol. The molecule has 2 fully saturated rings. The average molecular weight is 237 g/mol. The summed E-state index contributed by atoms with van der Waals surface area (Å²) in [5.41, 5.74) is -0.546. The summed E-state index contributed by atoms with van der Waals surface area (Å²) in [4.78, 5) is 0. The van der Waals surface area contributed by atoms with E-state index in [1.165, 1.54) is 0 Å². The number of hydrogen-bond donors (Lipinski definition) is 1. The first-order chi connectivity index (χ1) is 8.11. The Hall–Kier alpha value is -0.590. The molecule has 1 heterocycles. The fraction of sp³-hybridized carbons (Fsp3) is 0.929. The maximum atomic E-state index is 10.5. The van der Waals surface area contributed by atoms with Crippen molar-refractivity contribution in [3.63, 3.8) is 0 Å². The van der Waals surface area contributed by atoms with E-state index in [0.29, 0.717) is 5.92 Å². The number of rotatable bonds is 3. The van der Waals surface area contributed by atoms with Gasteiger partial charge in [0.15, 0.2) is 0 Å². The Kier molecular flexibility index (Phi) is 3.75. The van der Waals surface area contributed by atoms with Crippen LogP contribution in [-0.4, -0.2) is 23.4 Å². The largest absolute Gasteiger partial charge is 0.389 e. The summed E-state index contributed by atoms with van der Waals surface area (Å²) in [6, 6.07) is 2.40. The summed E-state index contributed by atoms with van der Waals surface area (Å²) in [5, 5.41) is 19.9. The molecule has 1 aliphatic carbocycles. The Morgan fingerprint density at radius 2 is 2.24 bits per heavy atom. The number of aliphatic hydroxyl groups is 1. The standard InChI is InChI=1S/C14H23NO2/c1-3-11-6-7-14(8-11,9-15)13(16)12-5-4-10(2)17-12/h10-13,16H,3-8H2,1-2H3. The molecular formula is C14H23NO2. The van der Waals surface area contributed by atoms with Crippen LogP contribution in [0.5, 0.6) is 0 Å². The molecule has 1 saturated heterocycles. The molecule has 0 bridgehead atoms. The molecule has 0 aromatic carbocycles. The summed E-state index contributed by atoms with van der Waals surface area (Å²) in [5.74, 6) is 0.600. The molecule has 0 radical (unpaired) electrons. The zero-order valence-corrected chi connectivity index (χ0v) is 10.9. The summed E-state index contributed by atoms with van der Waals surface area (Å²) in [6.07, 6.45) is 5.25. The fourth-order valence-electron chi connectivity index (χ4n) is 3.39. The molecule has 1 aliphatic heterocycles. The lowest BCUT2D eigenvalue weighted by atomic mass is 9.78. The minimum Gasteiger partial charge on any atom is -0.389 e. The number of hydrogen-bond acceptors (Lipinski definition) is 3. The van der Waals surface area contributed by atoms with Crippen molar-refractivity contribution < 1.29 is 9.84 Å². The highest BCUT2D eigenvalue weighted by molar-refractivity contribution is 5.10. The van der Waals surface area contributed by atoms with Gasteiger partial charge >= 0.3 is 0 Å². The highest BCUT2D eigenvalue weighted by Crippen LogP contribution is 2.47. The normalized spacial score (nSPS) is 43.5. The molecule has 0 amide bonds. The third-order valence-electron chi connectivity index (χ3n) is 4.63. The molecule has 0 aromatic heterocycles. The van der Waals surface area contributed by atoms with E-state index in [1.807, 2.05) is 6.92 Å². The van der Waals surface area contributed by atoms with E-state index < -0.39 is 11.5 Å². The van der Waals surface area contributed by atoms with E-state index in [-0.39, 0.29) is 12.2 Å². The quantitative estimate of drug-likeness (QED) is 0.821. The van der Waals surface area contributed by atoms with Crippen LogP contribution in [0.2, 0.25) is 0 Å². The van der Waals surface area contributed by atoms with Gasteiger partial charge in [0, 0.05) is 0 Å². The molecule has 0 aromatic rings. The van der Waals surface area contributed by atoms with Gasteiger partial charge in [-0.25, -0.2) is 0 Å². The minimum absolute atomic E-state index is 0.125. The van der Waals surface area contributed by atoms with E-state index in [0.717, 1.165) is 38.5 Å². The Labute approximate surface area is 104 Å². The Bertz CT molecular complexity index is 312. The van der Waals surface area contributed by atoms with Crippen molar-refractivity contribution in [2.24, 2.45) is 11.3 Å². The van der Waals surface area contributed by atoms with Gasteiger partial charge in [-0.05, 0) is 44.9 Å². The average Bonchev–Trinajstić information content (AvgIpc) is 2.95. The first-order valence-corrected chi connectivity index (χ1v) is 6.86. The fourth-order valence-corrected chi connectivity index (χ4v) is 3.39. The highest BCUT2D eigenvalue weighted by atomic mass is 16.5. The van der Waals surface area contributed by atoms with Crippen LogP contribution in [0.25, 0.3) is 0 Å². The van der Waals surface area contributed by atoms with E-state index in [4.69, 9.17) is 4.74 Å². The second kappa shape index (κ2) is 4.96. The molecule has 3 nitrogen and oxygen atoms in total. The predicted octanol–water partition coefficient (Wildman–Crippen LogP) is 2.63. The topological polar surface area (TPSA) is 53.2 Å². The third-order valence-corrected chi connectivity index (χ3v) is 4.63. The van der Waals surface area contributed by atoms with Crippen LogP contribution in [0.15, 0.2) is 0 Å². The molecule has 0 spiro atoms. The highest BCUT2D eigenvalue weighted by Gasteiger charge is 2.49. The molecule has 2 aliphatic rings. The maximum absolute atomic E-state index is 10.5. The Morgan fingerprint density at radius 1 is 1.47 bits per heavy atom. The summed E-state index contributed by atoms with van der Waals surface area (Å²) in [7, 11) is 0. The summed E-state index contributed by atoms with van der Waals surface area (Å²) < 4.78 is 5.73. The number of aliphatic hydroxyl groups excluding tert-OH is 1. The lowest BCUT2D eigenvalue weighted by Gasteiger charge is -2.31. The van der Waals surface area contributed by atoms with Gasteiger partial charge in [-0.2, -0.15) is 5.26 Å². The van der Waals surface area contributed by atoms with E-state index in [2.05, 4.69) is 13.0 Å². The van der Waals surface area contributed by atoms with Gasteiger partial charge in [-0.1, -0.05) is 13.3 Å². The van der Waals surface area contributed by atoms with E-state index in [1.54, 1.807) is 0 Å². The monoisotopic (exact) mass is 237 g/mol. The molecule has 17 heavy (non-hydrogen) atoms. The maximum Gasteiger partial charge on any atom is 0.0987 e. The number of nitrogens with zero attached hydrogens (tertiary/aromatic N) is 1. The van der Waals surface area contributed by atoms with E-state index in [9.17, 15) is 10.4 Å². The zero-order valence-electron chi connectivity index (χ0n) is 10.9. The first kappa shape index (κ1) is 12.9. The Balaban J connectivity index is 2.06.